The van der Waals surface area contributed by atoms with Gasteiger partial charge < -0.3 is 4.74 Å². The Balaban J connectivity index is 1.69. The number of esters is 1. The molecule has 20 heavy (non-hydrogen) atoms. The van der Waals surface area contributed by atoms with Gasteiger partial charge in [0.1, 0.15) is 0 Å². The number of hydrogen-bond acceptors (Lipinski definition) is 3. The summed E-state index contributed by atoms with van der Waals surface area (Å²) < 4.78 is 5.63. The number of carbonyl (C=O) groups excluding carboxylic acids is 1. The van der Waals surface area contributed by atoms with Crippen molar-refractivity contribution < 1.29 is 9.53 Å². The molecule has 2 nitrogen and oxygen atoms in total. The second-order valence-electron chi connectivity index (χ2n) is 7.51. The molecule has 3 atom stereocenters. The van der Waals surface area contributed by atoms with Crippen molar-refractivity contribution in [3.63, 3.8) is 0 Å². The van der Waals surface area contributed by atoms with Gasteiger partial charge in [-0.2, -0.15) is 11.8 Å². The monoisotopic (exact) mass is 298 g/mol. The maximum absolute atomic E-state index is 11.6. The summed E-state index contributed by atoms with van der Waals surface area (Å²) in [5, 5.41) is 0. The third-order valence-electron chi connectivity index (χ3n) is 5.46. The average molecular weight is 298 g/mol. The predicted molar refractivity (Wildman–Crippen MR) is 86.0 cm³/mol. The largest absolute Gasteiger partial charge is 0.466 e. The molecule has 2 rings (SSSR count). The number of unbranched alkanes of at least 4 members (excludes halogenated alkanes) is 1. The summed E-state index contributed by atoms with van der Waals surface area (Å²) >= 11 is 2.02. The van der Waals surface area contributed by atoms with Crippen molar-refractivity contribution in [1.82, 2.24) is 0 Å². The van der Waals surface area contributed by atoms with Crippen LogP contribution in [-0.2, 0) is 9.53 Å². The summed E-state index contributed by atoms with van der Waals surface area (Å²) in [6.45, 7) is 9.97. The molecule has 3 heteroatoms. The van der Waals surface area contributed by atoms with Crippen LogP contribution in [-0.4, -0.2) is 23.1 Å². The first-order valence-corrected chi connectivity index (χ1v) is 9.15. The second-order valence-corrected chi connectivity index (χ2v) is 9.14. The summed E-state index contributed by atoms with van der Waals surface area (Å²) in [5.74, 6) is 2.65. The van der Waals surface area contributed by atoms with Crippen LogP contribution in [0.4, 0.5) is 0 Å². The lowest BCUT2D eigenvalue weighted by molar-refractivity contribution is -0.143. The van der Waals surface area contributed by atoms with E-state index in [2.05, 4.69) is 27.7 Å². The standard InChI is InChI=1S/C17H30O2S/c1-5-6-8-19-15(18)7-9-20-17(4)12-13-10-14(17)11-16(13,2)3/h13-14H,5-12H2,1-4H3. The third kappa shape index (κ3) is 3.52. The Kier molecular flexibility index (Phi) is 5.09. The van der Waals surface area contributed by atoms with Crippen molar-refractivity contribution in [2.75, 3.05) is 12.4 Å². The van der Waals surface area contributed by atoms with Crippen molar-refractivity contribution in [1.29, 1.82) is 0 Å². The maximum Gasteiger partial charge on any atom is 0.306 e. The molecule has 0 radical (unpaired) electrons. The third-order valence-corrected chi connectivity index (χ3v) is 7.03. The van der Waals surface area contributed by atoms with Gasteiger partial charge >= 0.3 is 5.97 Å². The smallest absolute Gasteiger partial charge is 0.306 e. The van der Waals surface area contributed by atoms with Crippen LogP contribution in [0.2, 0.25) is 0 Å². The fourth-order valence-electron chi connectivity index (χ4n) is 3.98. The zero-order valence-corrected chi connectivity index (χ0v) is 14.4. The molecule has 0 spiro atoms. The Morgan fingerprint density at radius 3 is 2.55 bits per heavy atom. The van der Waals surface area contributed by atoms with E-state index >= 15 is 0 Å². The number of ether oxygens (including phenoxy) is 1. The van der Waals surface area contributed by atoms with E-state index in [4.69, 9.17) is 4.74 Å². The zero-order valence-electron chi connectivity index (χ0n) is 13.5. The first kappa shape index (κ1) is 16.2. The molecular formula is C17H30O2S. The van der Waals surface area contributed by atoms with Crippen LogP contribution in [0.15, 0.2) is 0 Å². The van der Waals surface area contributed by atoms with E-state index in [-0.39, 0.29) is 5.97 Å². The minimum Gasteiger partial charge on any atom is -0.466 e. The summed E-state index contributed by atoms with van der Waals surface area (Å²) in [6.07, 6.45) is 6.74. The highest BCUT2D eigenvalue weighted by Gasteiger charge is 2.55. The van der Waals surface area contributed by atoms with Crippen LogP contribution in [0.1, 0.15) is 66.2 Å². The lowest BCUT2D eigenvalue weighted by Crippen LogP contribution is -2.35. The Morgan fingerprint density at radius 1 is 1.25 bits per heavy atom. The van der Waals surface area contributed by atoms with Crippen LogP contribution in [0, 0.1) is 17.3 Å². The van der Waals surface area contributed by atoms with E-state index in [9.17, 15) is 4.79 Å². The van der Waals surface area contributed by atoms with Gasteiger partial charge in [-0.05, 0) is 42.9 Å². The van der Waals surface area contributed by atoms with Gasteiger partial charge in [-0.1, -0.05) is 34.1 Å². The van der Waals surface area contributed by atoms with Crippen LogP contribution < -0.4 is 0 Å². The van der Waals surface area contributed by atoms with Gasteiger partial charge in [-0.3, -0.25) is 4.79 Å². The van der Waals surface area contributed by atoms with Crippen molar-refractivity contribution in [2.45, 2.75) is 71.0 Å². The minimum atomic E-state index is -0.0157. The van der Waals surface area contributed by atoms with Gasteiger partial charge in [0.05, 0.1) is 13.0 Å². The molecule has 0 aliphatic heterocycles. The van der Waals surface area contributed by atoms with Crippen LogP contribution >= 0.6 is 11.8 Å². The second kappa shape index (κ2) is 6.29. The fourth-order valence-corrected chi connectivity index (χ4v) is 5.44. The van der Waals surface area contributed by atoms with Gasteiger partial charge in [0.15, 0.2) is 0 Å². The first-order valence-electron chi connectivity index (χ1n) is 8.17. The van der Waals surface area contributed by atoms with Gasteiger partial charge in [0.2, 0.25) is 0 Å². The lowest BCUT2D eigenvalue weighted by atomic mass is 9.73. The summed E-state index contributed by atoms with van der Waals surface area (Å²) in [4.78, 5) is 11.6. The van der Waals surface area contributed by atoms with E-state index in [0.717, 1.165) is 30.4 Å². The molecule has 2 fully saturated rings. The molecule has 0 aromatic rings. The highest BCUT2D eigenvalue weighted by molar-refractivity contribution is 8.00. The number of carbonyl (C=O) groups is 1. The first-order chi connectivity index (χ1) is 9.37. The lowest BCUT2D eigenvalue weighted by Gasteiger charge is -2.40. The Morgan fingerprint density at radius 2 is 2.00 bits per heavy atom. The van der Waals surface area contributed by atoms with Crippen LogP contribution in [0.5, 0.6) is 0 Å². The molecule has 2 aliphatic rings. The topological polar surface area (TPSA) is 26.3 Å². The van der Waals surface area contributed by atoms with Crippen molar-refractivity contribution in [3.8, 4) is 0 Å². The van der Waals surface area contributed by atoms with E-state index < -0.39 is 0 Å². The van der Waals surface area contributed by atoms with Crippen molar-refractivity contribution >= 4 is 17.7 Å². The molecule has 116 valence electrons. The number of fused-ring (bicyclic) bond motifs is 2. The van der Waals surface area contributed by atoms with Gasteiger partial charge in [-0.15, -0.1) is 0 Å². The SMILES string of the molecule is CCCCOC(=O)CCSC1(C)CC2CC1CC2(C)C. The van der Waals surface area contributed by atoms with E-state index in [1.807, 2.05) is 11.8 Å². The molecule has 0 N–H and O–H groups in total. The fraction of sp³-hybridized carbons (Fsp3) is 0.941. The number of rotatable bonds is 7. The van der Waals surface area contributed by atoms with Gasteiger partial charge in [0, 0.05) is 10.5 Å². The molecule has 3 unspecified atom stereocenters. The summed E-state index contributed by atoms with van der Waals surface area (Å²) in [7, 11) is 0. The van der Waals surface area contributed by atoms with E-state index in [1.165, 1.54) is 19.3 Å². The highest BCUT2D eigenvalue weighted by Crippen LogP contribution is 2.63. The Hall–Kier alpha value is -0.180. The molecule has 0 heterocycles. The average Bonchev–Trinajstić information content (AvgIpc) is 2.82. The van der Waals surface area contributed by atoms with Crippen LogP contribution in [0.3, 0.4) is 0 Å². The molecular weight excluding hydrogens is 268 g/mol. The van der Waals surface area contributed by atoms with Crippen LogP contribution in [0.25, 0.3) is 0 Å². The zero-order chi connectivity index (χ0) is 14.8. The van der Waals surface area contributed by atoms with E-state index in [0.29, 0.717) is 23.2 Å². The van der Waals surface area contributed by atoms with Gasteiger partial charge in [0.25, 0.3) is 0 Å². The minimum absolute atomic E-state index is 0.0157. The van der Waals surface area contributed by atoms with E-state index in [1.54, 1.807) is 0 Å². The molecule has 2 saturated carbocycles. The normalized spacial score (nSPS) is 34.4. The maximum atomic E-state index is 11.6. The Bertz CT molecular complexity index is 353. The molecule has 0 aromatic heterocycles. The van der Waals surface area contributed by atoms with Crippen molar-refractivity contribution in [2.24, 2.45) is 17.3 Å². The summed E-state index contributed by atoms with van der Waals surface area (Å²) in [6, 6.07) is 0. The van der Waals surface area contributed by atoms with Gasteiger partial charge in [-0.25, -0.2) is 0 Å². The molecule has 2 bridgehead atoms. The molecule has 2 aliphatic carbocycles. The quantitative estimate of drug-likeness (QED) is 0.505. The molecule has 0 saturated heterocycles. The predicted octanol–water partition coefficient (Wildman–Crippen LogP) is 4.67. The number of hydrogen-bond donors (Lipinski definition) is 0. The summed E-state index contributed by atoms with van der Waals surface area (Å²) in [5.41, 5.74) is 0.545. The highest BCUT2D eigenvalue weighted by atomic mass is 32.2. The Labute approximate surface area is 128 Å². The molecule has 0 amide bonds. The molecule has 0 aromatic carbocycles. The number of thioether (sulfide) groups is 1. The van der Waals surface area contributed by atoms with Crippen molar-refractivity contribution in [3.05, 3.63) is 0 Å².